The number of carbonyl (C=O) groups is 1. The number of hydrogen-bond acceptors (Lipinski definition) is 4. The van der Waals surface area contributed by atoms with Gasteiger partial charge in [0.1, 0.15) is 5.76 Å². The number of hydrogen-bond donors (Lipinski definition) is 1. The second-order valence-electron chi connectivity index (χ2n) is 4.88. The standard InChI is InChI=1S/C13H19NO4S/c15-13(14-10-11-4-3-8-18-11)7-9-19(16,17)12-5-1-2-6-12/h3-4,8,12H,1-2,5-7,9-10H2,(H,14,15). The Morgan fingerprint density at radius 1 is 1.37 bits per heavy atom. The lowest BCUT2D eigenvalue weighted by molar-refractivity contribution is -0.120. The minimum absolute atomic E-state index is 0.0273. The highest BCUT2D eigenvalue weighted by Gasteiger charge is 2.28. The minimum atomic E-state index is -3.11. The molecule has 1 fully saturated rings. The Balaban J connectivity index is 1.73. The molecule has 106 valence electrons. The molecule has 0 saturated heterocycles. The maximum absolute atomic E-state index is 12.0. The predicted molar refractivity (Wildman–Crippen MR) is 71.2 cm³/mol. The van der Waals surface area contributed by atoms with E-state index in [9.17, 15) is 13.2 Å². The van der Waals surface area contributed by atoms with Crippen LogP contribution in [0.2, 0.25) is 0 Å². The van der Waals surface area contributed by atoms with Gasteiger partial charge in [-0.3, -0.25) is 4.79 Å². The summed E-state index contributed by atoms with van der Waals surface area (Å²) in [6.07, 6.45) is 5.02. The summed E-state index contributed by atoms with van der Waals surface area (Å²) in [5.41, 5.74) is 0. The van der Waals surface area contributed by atoms with Crippen molar-refractivity contribution in [2.45, 2.75) is 43.9 Å². The van der Waals surface area contributed by atoms with E-state index in [0.29, 0.717) is 12.3 Å². The van der Waals surface area contributed by atoms with Crippen LogP contribution in [0.15, 0.2) is 22.8 Å². The van der Waals surface area contributed by atoms with Gasteiger partial charge in [0.25, 0.3) is 0 Å². The second-order valence-corrected chi connectivity index (χ2v) is 7.28. The van der Waals surface area contributed by atoms with Gasteiger partial charge in [-0.05, 0) is 25.0 Å². The molecule has 0 atom stereocenters. The maximum atomic E-state index is 12.0. The zero-order valence-electron chi connectivity index (χ0n) is 10.8. The first kappa shape index (κ1) is 14.1. The maximum Gasteiger partial charge on any atom is 0.221 e. The zero-order valence-corrected chi connectivity index (χ0v) is 11.6. The second kappa shape index (κ2) is 6.23. The van der Waals surface area contributed by atoms with Crippen molar-refractivity contribution in [1.82, 2.24) is 5.32 Å². The molecule has 2 rings (SSSR count). The summed E-state index contributed by atoms with van der Waals surface area (Å²) >= 11 is 0. The summed E-state index contributed by atoms with van der Waals surface area (Å²) in [6.45, 7) is 0.301. The first-order valence-electron chi connectivity index (χ1n) is 6.58. The number of amides is 1. The molecular weight excluding hydrogens is 266 g/mol. The Bertz CT molecular complexity index is 501. The molecule has 1 saturated carbocycles. The summed E-state index contributed by atoms with van der Waals surface area (Å²) in [6, 6.07) is 3.50. The minimum Gasteiger partial charge on any atom is -0.467 e. The summed E-state index contributed by atoms with van der Waals surface area (Å²) in [4.78, 5) is 11.6. The van der Waals surface area contributed by atoms with Crippen molar-refractivity contribution in [2.24, 2.45) is 0 Å². The summed E-state index contributed by atoms with van der Waals surface area (Å²) in [5.74, 6) is 0.353. The van der Waals surface area contributed by atoms with Gasteiger partial charge in [0.05, 0.1) is 23.8 Å². The van der Waals surface area contributed by atoms with Crippen LogP contribution in [0.1, 0.15) is 37.9 Å². The zero-order chi connectivity index (χ0) is 13.7. The Labute approximate surface area is 113 Å². The quantitative estimate of drug-likeness (QED) is 0.862. The van der Waals surface area contributed by atoms with E-state index < -0.39 is 9.84 Å². The van der Waals surface area contributed by atoms with Crippen molar-refractivity contribution < 1.29 is 17.6 Å². The van der Waals surface area contributed by atoms with Crippen LogP contribution < -0.4 is 5.32 Å². The topological polar surface area (TPSA) is 76.4 Å². The summed E-state index contributed by atoms with van der Waals surface area (Å²) in [5, 5.41) is 2.42. The average Bonchev–Trinajstić information content (AvgIpc) is 3.06. The Morgan fingerprint density at radius 2 is 2.11 bits per heavy atom. The van der Waals surface area contributed by atoms with Crippen molar-refractivity contribution >= 4 is 15.7 Å². The fraction of sp³-hybridized carbons (Fsp3) is 0.615. The van der Waals surface area contributed by atoms with Gasteiger partial charge < -0.3 is 9.73 Å². The van der Waals surface area contributed by atoms with E-state index in [1.807, 2.05) is 0 Å². The molecule has 1 amide bonds. The third-order valence-corrected chi connectivity index (χ3v) is 5.72. The van der Waals surface area contributed by atoms with Crippen molar-refractivity contribution in [3.05, 3.63) is 24.2 Å². The van der Waals surface area contributed by atoms with E-state index in [1.54, 1.807) is 12.1 Å². The molecule has 0 bridgehead atoms. The first-order valence-corrected chi connectivity index (χ1v) is 8.30. The monoisotopic (exact) mass is 285 g/mol. The molecule has 1 N–H and O–H groups in total. The van der Waals surface area contributed by atoms with E-state index >= 15 is 0 Å². The molecule has 0 aromatic carbocycles. The fourth-order valence-electron chi connectivity index (χ4n) is 2.34. The lowest BCUT2D eigenvalue weighted by Gasteiger charge is -2.10. The lowest BCUT2D eigenvalue weighted by Crippen LogP contribution is -2.28. The van der Waals surface area contributed by atoms with Gasteiger partial charge >= 0.3 is 0 Å². The molecule has 0 aliphatic heterocycles. The van der Waals surface area contributed by atoms with E-state index in [1.165, 1.54) is 6.26 Å². The molecule has 1 heterocycles. The number of carbonyl (C=O) groups excluding carboxylic acids is 1. The van der Waals surface area contributed by atoms with Gasteiger partial charge in [0, 0.05) is 6.42 Å². The van der Waals surface area contributed by atoms with E-state index in [2.05, 4.69) is 5.32 Å². The molecule has 1 aliphatic carbocycles. The molecule has 1 aromatic rings. The molecule has 1 aromatic heterocycles. The summed E-state index contributed by atoms with van der Waals surface area (Å²) < 4.78 is 29.0. The highest BCUT2D eigenvalue weighted by Crippen LogP contribution is 2.25. The Morgan fingerprint density at radius 3 is 2.74 bits per heavy atom. The number of rotatable bonds is 6. The molecular formula is C13H19NO4S. The third-order valence-electron chi connectivity index (χ3n) is 3.46. The average molecular weight is 285 g/mol. The van der Waals surface area contributed by atoms with Crippen LogP contribution in [0.5, 0.6) is 0 Å². The smallest absolute Gasteiger partial charge is 0.221 e. The van der Waals surface area contributed by atoms with Gasteiger partial charge in [-0.2, -0.15) is 0 Å². The van der Waals surface area contributed by atoms with Crippen LogP contribution in [0.4, 0.5) is 0 Å². The number of nitrogens with one attached hydrogen (secondary N) is 1. The largest absolute Gasteiger partial charge is 0.467 e. The molecule has 0 radical (unpaired) electrons. The van der Waals surface area contributed by atoms with Crippen LogP contribution >= 0.6 is 0 Å². The van der Waals surface area contributed by atoms with Crippen LogP contribution in [-0.4, -0.2) is 25.3 Å². The van der Waals surface area contributed by atoms with E-state index in [4.69, 9.17) is 4.42 Å². The van der Waals surface area contributed by atoms with Gasteiger partial charge in [-0.25, -0.2) is 8.42 Å². The molecule has 1 aliphatic rings. The Kier molecular flexibility index (Phi) is 4.63. The fourth-order valence-corrected chi connectivity index (χ4v) is 4.19. The molecule has 6 heteroatoms. The number of furan rings is 1. The van der Waals surface area contributed by atoms with Gasteiger partial charge in [0.2, 0.25) is 5.91 Å². The van der Waals surface area contributed by atoms with E-state index in [0.717, 1.165) is 25.7 Å². The first-order chi connectivity index (χ1) is 9.08. The van der Waals surface area contributed by atoms with Crippen LogP contribution in [0, 0.1) is 0 Å². The molecule has 5 nitrogen and oxygen atoms in total. The predicted octanol–water partition coefficient (Wildman–Crippen LogP) is 1.64. The SMILES string of the molecule is O=C(CCS(=O)(=O)C1CCCC1)NCc1ccco1. The van der Waals surface area contributed by atoms with Crippen LogP contribution in [0.25, 0.3) is 0 Å². The number of sulfone groups is 1. The van der Waals surface area contributed by atoms with Crippen LogP contribution in [-0.2, 0) is 21.2 Å². The van der Waals surface area contributed by atoms with Gasteiger partial charge in [0.15, 0.2) is 9.84 Å². The highest BCUT2D eigenvalue weighted by molar-refractivity contribution is 7.92. The lowest BCUT2D eigenvalue weighted by atomic mass is 10.4. The summed E-state index contributed by atoms with van der Waals surface area (Å²) in [7, 11) is -3.11. The normalized spacial score (nSPS) is 16.6. The van der Waals surface area contributed by atoms with Gasteiger partial charge in [-0.15, -0.1) is 0 Å². The van der Waals surface area contributed by atoms with Crippen molar-refractivity contribution in [2.75, 3.05) is 5.75 Å². The Hall–Kier alpha value is -1.30. The van der Waals surface area contributed by atoms with E-state index in [-0.39, 0.29) is 23.3 Å². The van der Waals surface area contributed by atoms with Gasteiger partial charge in [-0.1, -0.05) is 12.8 Å². The highest BCUT2D eigenvalue weighted by atomic mass is 32.2. The van der Waals surface area contributed by atoms with Crippen molar-refractivity contribution in [1.29, 1.82) is 0 Å². The van der Waals surface area contributed by atoms with Crippen molar-refractivity contribution in [3.63, 3.8) is 0 Å². The molecule has 19 heavy (non-hydrogen) atoms. The van der Waals surface area contributed by atoms with Crippen molar-refractivity contribution in [3.8, 4) is 0 Å². The van der Waals surface area contributed by atoms with Crippen LogP contribution in [0.3, 0.4) is 0 Å². The molecule has 0 spiro atoms. The third kappa shape index (κ3) is 4.09. The molecule has 0 unspecified atom stereocenters.